The average Bonchev–Trinajstić information content (AvgIpc) is 2.63. The standard InChI is InChI=1S/C18H13N3O3/c22-17(15-9-19-11-20-10-15)21-16-6-2-4-13(8-16)12-3-1-5-14(7-12)18(23)24/h1-11H,(H,21,22)(H,23,24). The molecule has 0 saturated carbocycles. The van der Waals surface area contributed by atoms with Gasteiger partial charge in [0.05, 0.1) is 11.1 Å². The van der Waals surface area contributed by atoms with E-state index >= 15 is 0 Å². The number of anilines is 1. The van der Waals surface area contributed by atoms with Crippen LogP contribution in [0.1, 0.15) is 20.7 Å². The summed E-state index contributed by atoms with van der Waals surface area (Å²) in [6.07, 6.45) is 4.22. The van der Waals surface area contributed by atoms with E-state index < -0.39 is 5.97 Å². The number of carbonyl (C=O) groups is 2. The predicted octanol–water partition coefficient (Wildman–Crippen LogP) is 3.09. The molecule has 1 amide bonds. The van der Waals surface area contributed by atoms with Gasteiger partial charge in [0.2, 0.25) is 0 Å². The van der Waals surface area contributed by atoms with Crippen LogP contribution in [0.5, 0.6) is 0 Å². The summed E-state index contributed by atoms with van der Waals surface area (Å²) in [6.45, 7) is 0. The van der Waals surface area contributed by atoms with Gasteiger partial charge in [0.25, 0.3) is 5.91 Å². The van der Waals surface area contributed by atoms with E-state index in [-0.39, 0.29) is 11.5 Å². The van der Waals surface area contributed by atoms with E-state index in [2.05, 4.69) is 15.3 Å². The molecule has 0 radical (unpaired) electrons. The van der Waals surface area contributed by atoms with Gasteiger partial charge in [-0.1, -0.05) is 24.3 Å². The van der Waals surface area contributed by atoms with Gasteiger partial charge >= 0.3 is 5.97 Å². The molecule has 0 aliphatic carbocycles. The molecule has 0 bridgehead atoms. The Labute approximate surface area is 137 Å². The van der Waals surface area contributed by atoms with Crippen LogP contribution < -0.4 is 5.32 Å². The predicted molar refractivity (Wildman–Crippen MR) is 88.8 cm³/mol. The fraction of sp³-hybridized carbons (Fsp3) is 0. The van der Waals surface area contributed by atoms with Crippen LogP contribution in [-0.2, 0) is 0 Å². The summed E-state index contributed by atoms with van der Waals surface area (Å²) < 4.78 is 0. The number of carboxylic acids is 1. The minimum absolute atomic E-state index is 0.211. The van der Waals surface area contributed by atoms with E-state index in [0.717, 1.165) is 11.1 Å². The molecule has 1 aromatic heterocycles. The average molecular weight is 319 g/mol. The van der Waals surface area contributed by atoms with Gasteiger partial charge < -0.3 is 10.4 Å². The topological polar surface area (TPSA) is 92.2 Å². The van der Waals surface area contributed by atoms with E-state index in [1.165, 1.54) is 24.8 Å². The van der Waals surface area contributed by atoms with Gasteiger partial charge in [-0.05, 0) is 35.4 Å². The Kier molecular flexibility index (Phi) is 4.29. The fourth-order valence-electron chi connectivity index (χ4n) is 2.23. The van der Waals surface area contributed by atoms with Gasteiger partial charge in [0, 0.05) is 18.1 Å². The van der Waals surface area contributed by atoms with E-state index in [1.807, 2.05) is 12.1 Å². The van der Waals surface area contributed by atoms with E-state index in [9.17, 15) is 9.59 Å². The smallest absolute Gasteiger partial charge is 0.335 e. The van der Waals surface area contributed by atoms with Gasteiger partial charge in [0.1, 0.15) is 6.33 Å². The first kappa shape index (κ1) is 15.4. The molecule has 1 heterocycles. The molecule has 3 rings (SSSR count). The molecule has 0 atom stereocenters. The second-order valence-corrected chi connectivity index (χ2v) is 5.05. The lowest BCUT2D eigenvalue weighted by atomic mass is 10.0. The molecule has 6 heteroatoms. The highest BCUT2D eigenvalue weighted by Gasteiger charge is 2.08. The molecular weight excluding hydrogens is 306 g/mol. The van der Waals surface area contributed by atoms with E-state index in [1.54, 1.807) is 30.3 Å². The van der Waals surface area contributed by atoms with Gasteiger partial charge in [-0.2, -0.15) is 0 Å². The van der Waals surface area contributed by atoms with Crippen molar-refractivity contribution in [2.45, 2.75) is 0 Å². The molecule has 24 heavy (non-hydrogen) atoms. The summed E-state index contributed by atoms with van der Waals surface area (Å²) in [7, 11) is 0. The summed E-state index contributed by atoms with van der Waals surface area (Å²) in [6, 6.07) is 13.8. The molecule has 0 spiro atoms. The Balaban J connectivity index is 1.86. The lowest BCUT2D eigenvalue weighted by molar-refractivity contribution is 0.0696. The fourth-order valence-corrected chi connectivity index (χ4v) is 2.23. The Morgan fingerprint density at radius 2 is 1.54 bits per heavy atom. The number of aromatic carboxylic acids is 1. The maximum atomic E-state index is 12.1. The van der Waals surface area contributed by atoms with Crippen molar-refractivity contribution in [3.63, 3.8) is 0 Å². The van der Waals surface area contributed by atoms with Crippen LogP contribution >= 0.6 is 0 Å². The number of rotatable bonds is 4. The maximum absolute atomic E-state index is 12.1. The second-order valence-electron chi connectivity index (χ2n) is 5.05. The molecule has 0 aliphatic rings. The number of carboxylic acid groups (broad SMARTS) is 1. The molecule has 2 N–H and O–H groups in total. The zero-order valence-corrected chi connectivity index (χ0v) is 12.5. The number of nitrogens with zero attached hydrogens (tertiary/aromatic N) is 2. The second kappa shape index (κ2) is 6.70. The van der Waals surface area contributed by atoms with Crippen molar-refractivity contribution >= 4 is 17.6 Å². The molecular formula is C18H13N3O3. The first-order valence-electron chi connectivity index (χ1n) is 7.13. The first-order chi connectivity index (χ1) is 11.6. The van der Waals surface area contributed by atoms with Crippen LogP contribution in [0, 0.1) is 0 Å². The van der Waals surface area contributed by atoms with Crippen LogP contribution in [0.3, 0.4) is 0 Å². The SMILES string of the molecule is O=C(O)c1cccc(-c2cccc(NC(=O)c3cncnc3)c2)c1. The molecule has 6 nitrogen and oxygen atoms in total. The number of hydrogen-bond acceptors (Lipinski definition) is 4. The van der Waals surface area contributed by atoms with Crippen LogP contribution in [0.25, 0.3) is 11.1 Å². The molecule has 0 unspecified atom stereocenters. The number of carbonyl (C=O) groups excluding carboxylic acids is 1. The molecule has 3 aromatic rings. The first-order valence-corrected chi connectivity index (χ1v) is 7.13. The minimum atomic E-state index is -0.981. The van der Waals surface area contributed by atoms with E-state index in [0.29, 0.717) is 11.3 Å². The minimum Gasteiger partial charge on any atom is -0.478 e. The molecule has 118 valence electrons. The van der Waals surface area contributed by atoms with Gasteiger partial charge in [0.15, 0.2) is 0 Å². The zero-order chi connectivity index (χ0) is 16.9. The third-order valence-corrected chi connectivity index (χ3v) is 3.39. The summed E-state index contributed by atoms with van der Waals surface area (Å²) in [4.78, 5) is 30.8. The normalized spacial score (nSPS) is 10.2. The number of nitrogens with one attached hydrogen (secondary N) is 1. The maximum Gasteiger partial charge on any atom is 0.335 e. The summed E-state index contributed by atoms with van der Waals surface area (Å²) in [5, 5.41) is 11.9. The van der Waals surface area contributed by atoms with E-state index in [4.69, 9.17) is 5.11 Å². The number of aromatic nitrogens is 2. The summed E-state index contributed by atoms with van der Waals surface area (Å²) >= 11 is 0. The Morgan fingerprint density at radius 1 is 0.875 bits per heavy atom. The van der Waals surface area contributed by atoms with Crippen molar-refractivity contribution in [3.8, 4) is 11.1 Å². The monoisotopic (exact) mass is 319 g/mol. The van der Waals surface area contributed by atoms with Crippen molar-refractivity contribution in [1.29, 1.82) is 0 Å². The van der Waals surface area contributed by atoms with Crippen LogP contribution in [0.15, 0.2) is 67.3 Å². The molecule has 0 aliphatic heterocycles. The van der Waals surface area contributed by atoms with Crippen LogP contribution in [0.4, 0.5) is 5.69 Å². The molecule has 0 saturated heterocycles. The van der Waals surface area contributed by atoms with Crippen molar-refractivity contribution in [1.82, 2.24) is 9.97 Å². The lowest BCUT2D eigenvalue weighted by Gasteiger charge is -2.08. The lowest BCUT2D eigenvalue weighted by Crippen LogP contribution is -2.12. The summed E-state index contributed by atoms with van der Waals surface area (Å²) in [5.41, 5.74) is 2.73. The highest BCUT2D eigenvalue weighted by molar-refractivity contribution is 6.04. The number of benzene rings is 2. The van der Waals surface area contributed by atoms with Gasteiger partial charge in [-0.25, -0.2) is 14.8 Å². The van der Waals surface area contributed by atoms with Crippen molar-refractivity contribution < 1.29 is 14.7 Å². The third-order valence-electron chi connectivity index (χ3n) is 3.39. The molecule has 0 fully saturated rings. The number of hydrogen-bond donors (Lipinski definition) is 2. The van der Waals surface area contributed by atoms with Gasteiger partial charge in [-0.15, -0.1) is 0 Å². The van der Waals surface area contributed by atoms with Crippen LogP contribution in [0.2, 0.25) is 0 Å². The van der Waals surface area contributed by atoms with Crippen LogP contribution in [-0.4, -0.2) is 27.0 Å². The highest BCUT2D eigenvalue weighted by atomic mass is 16.4. The Bertz CT molecular complexity index is 895. The van der Waals surface area contributed by atoms with Crippen molar-refractivity contribution in [2.24, 2.45) is 0 Å². The Hall–Kier alpha value is -3.54. The third kappa shape index (κ3) is 3.44. The Morgan fingerprint density at radius 3 is 2.25 bits per heavy atom. The number of amides is 1. The quantitative estimate of drug-likeness (QED) is 0.771. The molecule has 2 aromatic carbocycles. The summed E-state index contributed by atoms with van der Waals surface area (Å²) in [5.74, 6) is -1.29. The highest BCUT2D eigenvalue weighted by Crippen LogP contribution is 2.24. The van der Waals surface area contributed by atoms with Crippen molar-refractivity contribution in [2.75, 3.05) is 5.32 Å². The van der Waals surface area contributed by atoms with Gasteiger partial charge in [-0.3, -0.25) is 4.79 Å². The zero-order valence-electron chi connectivity index (χ0n) is 12.5. The largest absolute Gasteiger partial charge is 0.478 e. The van der Waals surface area contributed by atoms with Crippen molar-refractivity contribution in [3.05, 3.63) is 78.4 Å².